The van der Waals surface area contributed by atoms with Crippen molar-refractivity contribution in [3.8, 4) is 5.75 Å². The molecule has 3 fully saturated rings. The van der Waals surface area contributed by atoms with Gasteiger partial charge in [-0.15, -0.1) is 0 Å². The van der Waals surface area contributed by atoms with Gasteiger partial charge in [-0.1, -0.05) is 13.0 Å². The summed E-state index contributed by atoms with van der Waals surface area (Å²) in [6, 6.07) is 5.62. The lowest BCUT2D eigenvalue weighted by molar-refractivity contribution is -0.135. The van der Waals surface area contributed by atoms with Gasteiger partial charge in [0, 0.05) is 31.3 Å². The summed E-state index contributed by atoms with van der Waals surface area (Å²) in [4.78, 5) is 14.4. The minimum Gasteiger partial charge on any atom is -0.508 e. The molecule has 1 amide bonds. The molecule has 0 bridgehead atoms. The predicted molar refractivity (Wildman–Crippen MR) is 118 cm³/mol. The van der Waals surface area contributed by atoms with Crippen molar-refractivity contribution >= 4 is 5.91 Å². The average Bonchev–Trinajstić information content (AvgIpc) is 2.99. The summed E-state index contributed by atoms with van der Waals surface area (Å²) < 4.78 is 36.1. The van der Waals surface area contributed by atoms with E-state index < -0.39 is 11.3 Å². The van der Waals surface area contributed by atoms with E-state index in [2.05, 4.69) is 0 Å². The number of amides is 1. The minimum atomic E-state index is -2.64. The topological polar surface area (TPSA) is 49.8 Å². The number of phenolic OH excluding ortho intramolecular Hbond substituents is 1. The second-order valence-corrected chi connectivity index (χ2v) is 10.7. The third kappa shape index (κ3) is 3.63. The fraction of sp³-hybridized carbons (Fsp3) is 0.731. The second kappa shape index (κ2) is 8.27. The molecule has 5 atom stereocenters. The van der Waals surface area contributed by atoms with Gasteiger partial charge in [-0.25, -0.2) is 8.78 Å². The number of aromatic hydroxyl groups is 1. The number of hydrogen-bond acceptors (Lipinski definition) is 3. The fourth-order valence-corrected chi connectivity index (χ4v) is 7.57. The zero-order valence-electron chi connectivity index (χ0n) is 19.0. The van der Waals surface area contributed by atoms with Gasteiger partial charge in [0.15, 0.2) is 0 Å². The first-order valence-corrected chi connectivity index (χ1v) is 12.4. The first-order chi connectivity index (χ1) is 15.3. The van der Waals surface area contributed by atoms with Crippen LogP contribution in [-0.2, 0) is 16.0 Å². The van der Waals surface area contributed by atoms with Crippen molar-refractivity contribution < 1.29 is 23.4 Å². The molecule has 3 unspecified atom stereocenters. The number of carbonyl (C=O) groups excluding carboxylic acids is 1. The first kappa shape index (κ1) is 22.1. The number of alkyl halides is 2. The molecule has 176 valence electrons. The van der Waals surface area contributed by atoms with Crippen LogP contribution < -0.4 is 0 Å². The Labute approximate surface area is 189 Å². The van der Waals surface area contributed by atoms with Gasteiger partial charge in [0.05, 0.1) is 13.2 Å². The van der Waals surface area contributed by atoms with Gasteiger partial charge in [-0.05, 0) is 85.5 Å². The molecule has 0 radical (unpaired) electrons. The second-order valence-electron chi connectivity index (χ2n) is 10.7. The van der Waals surface area contributed by atoms with Crippen LogP contribution in [-0.4, -0.2) is 48.1 Å². The molecule has 1 aromatic carbocycles. The summed E-state index contributed by atoms with van der Waals surface area (Å²) in [6.07, 6.45) is 4.92. The van der Waals surface area contributed by atoms with Crippen LogP contribution in [0.4, 0.5) is 8.78 Å². The highest BCUT2D eigenvalue weighted by Gasteiger charge is 2.67. The number of rotatable bonds is 4. The Bertz CT molecular complexity index is 869. The van der Waals surface area contributed by atoms with Crippen molar-refractivity contribution in [1.82, 2.24) is 4.90 Å². The molecule has 0 aromatic heterocycles. The van der Waals surface area contributed by atoms with Gasteiger partial charge in [-0.3, -0.25) is 4.79 Å². The molecule has 5 rings (SSSR count). The number of halogens is 2. The highest BCUT2D eigenvalue weighted by atomic mass is 19.3. The molecule has 32 heavy (non-hydrogen) atoms. The van der Waals surface area contributed by atoms with Crippen LogP contribution in [0.2, 0.25) is 0 Å². The minimum absolute atomic E-state index is 0.00306. The number of phenols is 1. The van der Waals surface area contributed by atoms with Crippen molar-refractivity contribution in [1.29, 1.82) is 0 Å². The monoisotopic (exact) mass is 447 g/mol. The molecule has 6 heteroatoms. The summed E-state index contributed by atoms with van der Waals surface area (Å²) in [5, 5.41) is 9.89. The normalized spacial score (nSPS) is 35.7. The Morgan fingerprint density at radius 1 is 1.25 bits per heavy atom. The van der Waals surface area contributed by atoms with Crippen molar-refractivity contribution in [2.75, 3.05) is 26.3 Å². The summed E-state index contributed by atoms with van der Waals surface area (Å²) in [5.41, 5.74) is 1.51. The van der Waals surface area contributed by atoms with Gasteiger partial charge >= 0.3 is 0 Å². The number of carbonyl (C=O) groups is 1. The van der Waals surface area contributed by atoms with E-state index in [1.54, 1.807) is 6.07 Å². The zero-order chi connectivity index (χ0) is 22.5. The maximum Gasteiger partial charge on any atom is 0.253 e. The van der Waals surface area contributed by atoms with Crippen LogP contribution in [0.15, 0.2) is 18.2 Å². The maximum absolute atomic E-state index is 15.4. The van der Waals surface area contributed by atoms with Crippen LogP contribution >= 0.6 is 0 Å². The Kier molecular flexibility index (Phi) is 5.71. The summed E-state index contributed by atoms with van der Waals surface area (Å²) >= 11 is 0. The Hall–Kier alpha value is -1.69. The Balaban J connectivity index is 1.32. The SMILES string of the molecule is C[C@]12CCC3c4ccc(O)cc4CCC3C1[C@@H](CCCC(=O)N1CCOCC1)CC2(F)F. The van der Waals surface area contributed by atoms with Crippen LogP contribution in [0.1, 0.15) is 68.9 Å². The van der Waals surface area contributed by atoms with E-state index in [1.165, 1.54) is 11.1 Å². The summed E-state index contributed by atoms with van der Waals surface area (Å²) in [5.74, 6) is -1.68. The van der Waals surface area contributed by atoms with E-state index >= 15 is 8.78 Å². The third-order valence-electron chi connectivity index (χ3n) is 9.15. The van der Waals surface area contributed by atoms with E-state index in [0.717, 1.165) is 19.3 Å². The molecule has 4 nitrogen and oxygen atoms in total. The van der Waals surface area contributed by atoms with E-state index in [-0.39, 0.29) is 35.8 Å². The Morgan fingerprint density at radius 3 is 2.81 bits per heavy atom. The van der Waals surface area contributed by atoms with E-state index in [1.807, 2.05) is 24.0 Å². The molecule has 1 aromatic rings. The number of nitrogens with zero attached hydrogens (tertiary/aromatic N) is 1. The lowest BCUT2D eigenvalue weighted by Gasteiger charge is -2.51. The lowest BCUT2D eigenvalue weighted by Crippen LogP contribution is -2.47. The molecule has 1 saturated heterocycles. The van der Waals surface area contributed by atoms with Gasteiger partial charge in [0.1, 0.15) is 5.75 Å². The van der Waals surface area contributed by atoms with Crippen LogP contribution in [0.3, 0.4) is 0 Å². The number of ether oxygens (including phenoxy) is 1. The van der Waals surface area contributed by atoms with E-state index in [0.29, 0.717) is 57.9 Å². The van der Waals surface area contributed by atoms with Crippen molar-refractivity contribution in [2.24, 2.45) is 23.2 Å². The predicted octanol–water partition coefficient (Wildman–Crippen LogP) is 5.14. The van der Waals surface area contributed by atoms with Crippen LogP contribution in [0.25, 0.3) is 0 Å². The number of morpholine rings is 1. The molecule has 2 saturated carbocycles. The van der Waals surface area contributed by atoms with Gasteiger partial charge in [0.2, 0.25) is 5.91 Å². The number of aryl methyl sites for hydroxylation is 1. The molecule has 1 aliphatic heterocycles. The number of fused-ring (bicyclic) bond motifs is 5. The van der Waals surface area contributed by atoms with Crippen molar-refractivity contribution in [2.45, 2.75) is 70.1 Å². The van der Waals surface area contributed by atoms with Gasteiger partial charge < -0.3 is 14.7 Å². The molecule has 1 N–H and O–H groups in total. The van der Waals surface area contributed by atoms with E-state index in [9.17, 15) is 9.90 Å². The molecule has 4 aliphatic rings. The highest BCUT2D eigenvalue weighted by molar-refractivity contribution is 5.76. The van der Waals surface area contributed by atoms with Gasteiger partial charge in [0.25, 0.3) is 5.92 Å². The average molecular weight is 448 g/mol. The quantitative estimate of drug-likeness (QED) is 0.695. The van der Waals surface area contributed by atoms with Crippen LogP contribution in [0, 0.1) is 23.2 Å². The zero-order valence-corrected chi connectivity index (χ0v) is 19.0. The fourth-order valence-electron chi connectivity index (χ4n) is 7.57. The number of hydrogen-bond donors (Lipinski definition) is 1. The highest BCUT2D eigenvalue weighted by Crippen LogP contribution is 2.68. The first-order valence-electron chi connectivity index (χ1n) is 12.4. The molecular formula is C26H35F2NO3. The standard InChI is InChI=1S/C26H35F2NO3/c1-25-10-9-21-20-8-6-19(30)15-17(20)5-7-22(21)24(25)18(16-26(25,27)28)3-2-4-23(31)29-11-13-32-14-12-29/h6,8,15,18,21-22,24,30H,2-5,7,9-14,16H2,1H3/t18-,21?,22?,24?,25-/m0/s1. The largest absolute Gasteiger partial charge is 0.508 e. The molecule has 1 heterocycles. The molecule has 0 spiro atoms. The lowest BCUT2D eigenvalue weighted by atomic mass is 9.53. The van der Waals surface area contributed by atoms with E-state index in [4.69, 9.17) is 4.74 Å². The van der Waals surface area contributed by atoms with Gasteiger partial charge in [-0.2, -0.15) is 0 Å². The Morgan fingerprint density at radius 2 is 2.03 bits per heavy atom. The number of benzene rings is 1. The smallest absolute Gasteiger partial charge is 0.253 e. The summed E-state index contributed by atoms with van der Waals surface area (Å²) in [6.45, 7) is 4.28. The molecule has 3 aliphatic carbocycles. The third-order valence-corrected chi connectivity index (χ3v) is 9.15. The van der Waals surface area contributed by atoms with Crippen molar-refractivity contribution in [3.05, 3.63) is 29.3 Å². The van der Waals surface area contributed by atoms with Crippen molar-refractivity contribution in [3.63, 3.8) is 0 Å². The molecular weight excluding hydrogens is 412 g/mol. The van der Waals surface area contributed by atoms with Crippen LogP contribution in [0.5, 0.6) is 5.75 Å². The summed E-state index contributed by atoms with van der Waals surface area (Å²) in [7, 11) is 0. The maximum atomic E-state index is 15.4.